The first kappa shape index (κ1) is 22.0. The van der Waals surface area contributed by atoms with Crippen LogP contribution in [-0.4, -0.2) is 52.0 Å². The number of carbonyl (C=O) groups is 1. The summed E-state index contributed by atoms with van der Waals surface area (Å²) in [5.74, 6) is 0.791. The Morgan fingerprint density at radius 3 is 2.21 bits per heavy atom. The Hall–Kier alpha value is -2.29. The Balaban J connectivity index is 1.76. The molecule has 0 fully saturated rings. The van der Waals surface area contributed by atoms with Crippen LogP contribution in [0.5, 0.6) is 11.5 Å². The summed E-state index contributed by atoms with van der Waals surface area (Å²) in [4.78, 5) is 12.2. The number of amides is 1. The predicted octanol–water partition coefficient (Wildman–Crippen LogP) is 2.55. The van der Waals surface area contributed by atoms with Crippen LogP contribution in [0.2, 0.25) is 5.02 Å². The maximum atomic E-state index is 12.1. The SMILES string of the molecule is C[C@@H](Oc1ccc(Cl)cc1)C(=O)NCCOc1ccc(S(=O)(=O)N(C)C)cc1. The molecule has 1 amide bonds. The number of sulfonamides is 1. The Morgan fingerprint density at radius 1 is 1.07 bits per heavy atom. The molecule has 0 aliphatic rings. The lowest BCUT2D eigenvalue weighted by Gasteiger charge is -2.15. The van der Waals surface area contributed by atoms with Gasteiger partial charge in [-0.15, -0.1) is 0 Å². The molecule has 0 saturated heterocycles. The second-order valence-corrected chi connectivity index (χ2v) is 8.70. The molecular weight excluding hydrogens is 404 g/mol. The number of rotatable bonds is 9. The molecule has 0 spiro atoms. The van der Waals surface area contributed by atoms with Gasteiger partial charge in [-0.2, -0.15) is 0 Å². The zero-order chi connectivity index (χ0) is 20.7. The van der Waals surface area contributed by atoms with Gasteiger partial charge in [-0.3, -0.25) is 4.79 Å². The topological polar surface area (TPSA) is 84.9 Å². The molecule has 0 bridgehead atoms. The van der Waals surface area contributed by atoms with Crippen LogP contribution in [0.4, 0.5) is 0 Å². The van der Waals surface area contributed by atoms with E-state index in [9.17, 15) is 13.2 Å². The molecule has 2 rings (SSSR count). The zero-order valence-electron chi connectivity index (χ0n) is 15.9. The van der Waals surface area contributed by atoms with Gasteiger partial charge in [0.1, 0.15) is 18.1 Å². The van der Waals surface area contributed by atoms with Crippen LogP contribution in [0.1, 0.15) is 6.92 Å². The van der Waals surface area contributed by atoms with Gasteiger partial charge in [-0.1, -0.05) is 11.6 Å². The third kappa shape index (κ3) is 6.12. The Bertz CT molecular complexity index is 884. The number of hydrogen-bond donors (Lipinski definition) is 1. The van der Waals surface area contributed by atoms with Gasteiger partial charge in [0.2, 0.25) is 10.0 Å². The van der Waals surface area contributed by atoms with Gasteiger partial charge in [-0.05, 0) is 55.5 Å². The highest BCUT2D eigenvalue weighted by Gasteiger charge is 2.17. The van der Waals surface area contributed by atoms with E-state index in [2.05, 4.69) is 5.32 Å². The smallest absolute Gasteiger partial charge is 0.260 e. The van der Waals surface area contributed by atoms with E-state index in [0.717, 1.165) is 4.31 Å². The van der Waals surface area contributed by atoms with E-state index in [-0.39, 0.29) is 24.0 Å². The van der Waals surface area contributed by atoms with Crippen LogP contribution >= 0.6 is 11.6 Å². The van der Waals surface area contributed by atoms with Crippen molar-refractivity contribution in [3.63, 3.8) is 0 Å². The van der Waals surface area contributed by atoms with E-state index in [1.807, 2.05) is 0 Å². The average Bonchev–Trinajstić information content (AvgIpc) is 2.67. The first-order valence-corrected chi connectivity index (χ1v) is 10.4. The van der Waals surface area contributed by atoms with Crippen LogP contribution < -0.4 is 14.8 Å². The van der Waals surface area contributed by atoms with Gasteiger partial charge in [0.05, 0.1) is 11.4 Å². The van der Waals surface area contributed by atoms with Gasteiger partial charge in [0.15, 0.2) is 6.10 Å². The highest BCUT2D eigenvalue weighted by Crippen LogP contribution is 2.18. The normalized spacial score (nSPS) is 12.5. The fourth-order valence-corrected chi connectivity index (χ4v) is 3.20. The van der Waals surface area contributed by atoms with Gasteiger partial charge in [0.25, 0.3) is 5.91 Å². The summed E-state index contributed by atoms with van der Waals surface area (Å²) in [6, 6.07) is 12.9. The zero-order valence-corrected chi connectivity index (χ0v) is 17.5. The largest absolute Gasteiger partial charge is 0.492 e. The summed E-state index contributed by atoms with van der Waals surface area (Å²) in [6.07, 6.45) is -0.670. The van der Waals surface area contributed by atoms with Crippen LogP contribution in [0, 0.1) is 0 Å². The first-order chi connectivity index (χ1) is 13.2. The van der Waals surface area contributed by atoms with Crippen molar-refractivity contribution in [2.24, 2.45) is 0 Å². The van der Waals surface area contributed by atoms with Gasteiger partial charge in [0, 0.05) is 19.1 Å². The minimum absolute atomic E-state index is 0.186. The Labute approximate surface area is 170 Å². The van der Waals surface area contributed by atoms with E-state index in [0.29, 0.717) is 16.5 Å². The van der Waals surface area contributed by atoms with Crippen molar-refractivity contribution in [3.8, 4) is 11.5 Å². The molecule has 0 aliphatic heterocycles. The maximum Gasteiger partial charge on any atom is 0.260 e. The highest BCUT2D eigenvalue weighted by molar-refractivity contribution is 7.89. The van der Waals surface area contributed by atoms with Crippen LogP contribution in [0.3, 0.4) is 0 Å². The monoisotopic (exact) mass is 426 g/mol. The summed E-state index contributed by atoms with van der Waals surface area (Å²) in [5.41, 5.74) is 0. The van der Waals surface area contributed by atoms with Crippen LogP contribution in [0.25, 0.3) is 0 Å². The van der Waals surface area contributed by atoms with Crippen molar-refractivity contribution in [1.82, 2.24) is 9.62 Å². The second-order valence-electron chi connectivity index (χ2n) is 6.11. The number of carbonyl (C=O) groups excluding carboxylic acids is 1. The third-order valence-corrected chi connectivity index (χ3v) is 5.85. The molecule has 7 nitrogen and oxygen atoms in total. The summed E-state index contributed by atoms with van der Waals surface area (Å²) < 4.78 is 36.2. The number of nitrogens with one attached hydrogen (secondary N) is 1. The van der Waals surface area contributed by atoms with Crippen molar-refractivity contribution in [2.45, 2.75) is 17.9 Å². The molecule has 0 unspecified atom stereocenters. The molecule has 0 aromatic heterocycles. The summed E-state index contributed by atoms with van der Waals surface area (Å²) >= 11 is 5.81. The van der Waals surface area contributed by atoms with E-state index in [4.69, 9.17) is 21.1 Å². The standard InChI is InChI=1S/C19H23ClN2O5S/c1-14(27-17-6-4-15(20)5-7-17)19(23)21-12-13-26-16-8-10-18(11-9-16)28(24,25)22(2)3/h4-11,14H,12-13H2,1-3H3,(H,21,23)/t14-/m1/s1. The number of ether oxygens (including phenoxy) is 2. The van der Waals surface area contributed by atoms with Crippen molar-refractivity contribution < 1.29 is 22.7 Å². The van der Waals surface area contributed by atoms with Gasteiger partial charge >= 0.3 is 0 Å². The summed E-state index contributed by atoms with van der Waals surface area (Å²) in [5, 5.41) is 3.31. The lowest BCUT2D eigenvalue weighted by molar-refractivity contribution is -0.127. The minimum atomic E-state index is -3.47. The van der Waals surface area contributed by atoms with Crippen LogP contribution in [0.15, 0.2) is 53.4 Å². The lowest BCUT2D eigenvalue weighted by Crippen LogP contribution is -2.38. The van der Waals surface area contributed by atoms with E-state index >= 15 is 0 Å². The predicted molar refractivity (Wildman–Crippen MR) is 107 cm³/mol. The molecular formula is C19H23ClN2O5S. The number of halogens is 1. The highest BCUT2D eigenvalue weighted by atomic mass is 35.5. The van der Waals surface area contributed by atoms with Crippen LogP contribution in [-0.2, 0) is 14.8 Å². The summed E-state index contributed by atoms with van der Waals surface area (Å²) in [6.45, 7) is 2.17. The Morgan fingerprint density at radius 2 is 1.64 bits per heavy atom. The fourth-order valence-electron chi connectivity index (χ4n) is 2.18. The quantitative estimate of drug-likeness (QED) is 0.623. The molecule has 28 heavy (non-hydrogen) atoms. The van der Waals surface area contributed by atoms with Gasteiger partial charge < -0.3 is 14.8 Å². The van der Waals surface area contributed by atoms with Crippen molar-refractivity contribution in [2.75, 3.05) is 27.2 Å². The summed E-state index contributed by atoms with van der Waals surface area (Å²) in [7, 11) is -0.524. The molecule has 9 heteroatoms. The molecule has 152 valence electrons. The van der Waals surface area contributed by atoms with Crippen molar-refractivity contribution >= 4 is 27.5 Å². The Kier molecular flexibility index (Phi) is 7.68. The molecule has 1 N–H and O–H groups in total. The first-order valence-electron chi connectivity index (χ1n) is 8.55. The van der Waals surface area contributed by atoms with Gasteiger partial charge in [-0.25, -0.2) is 12.7 Å². The van der Waals surface area contributed by atoms with E-state index in [1.54, 1.807) is 43.3 Å². The van der Waals surface area contributed by atoms with Crippen molar-refractivity contribution in [1.29, 1.82) is 0 Å². The molecule has 0 heterocycles. The molecule has 1 atom stereocenters. The molecule has 0 saturated carbocycles. The second kappa shape index (κ2) is 9.77. The fraction of sp³-hybridized carbons (Fsp3) is 0.316. The maximum absolute atomic E-state index is 12.1. The molecule has 2 aromatic carbocycles. The lowest BCUT2D eigenvalue weighted by atomic mass is 10.3. The average molecular weight is 427 g/mol. The van der Waals surface area contributed by atoms with Crippen molar-refractivity contribution in [3.05, 3.63) is 53.6 Å². The molecule has 2 aromatic rings. The third-order valence-electron chi connectivity index (χ3n) is 3.77. The molecule has 0 radical (unpaired) electrons. The van der Waals surface area contributed by atoms with E-state index in [1.165, 1.54) is 26.2 Å². The number of nitrogens with zero attached hydrogens (tertiary/aromatic N) is 1. The number of benzene rings is 2. The number of hydrogen-bond acceptors (Lipinski definition) is 5. The van der Waals surface area contributed by atoms with E-state index < -0.39 is 16.1 Å². The molecule has 0 aliphatic carbocycles. The minimum Gasteiger partial charge on any atom is -0.492 e.